The van der Waals surface area contributed by atoms with Crippen LogP contribution in [0.3, 0.4) is 0 Å². The largest absolute Gasteiger partial charge is 0.490 e. The molecule has 39 heavy (non-hydrogen) atoms. The van der Waals surface area contributed by atoms with E-state index in [0.717, 1.165) is 16.7 Å². The molecule has 1 aliphatic heterocycles. The Labute approximate surface area is 232 Å². The monoisotopic (exact) mass is 567 g/mol. The summed E-state index contributed by atoms with van der Waals surface area (Å²) in [7, 11) is 0. The van der Waals surface area contributed by atoms with Crippen molar-refractivity contribution in [2.75, 3.05) is 18.5 Å². The molecule has 200 valence electrons. The number of thioether (sulfide) groups is 1. The van der Waals surface area contributed by atoms with E-state index < -0.39 is 22.0 Å². The summed E-state index contributed by atoms with van der Waals surface area (Å²) < 4.78 is 11.3. The number of benzene rings is 3. The zero-order chi connectivity index (χ0) is 27.9. The van der Waals surface area contributed by atoms with Gasteiger partial charge in [0, 0.05) is 12.1 Å². The first kappa shape index (κ1) is 27.7. The van der Waals surface area contributed by atoms with Crippen LogP contribution >= 0.6 is 23.4 Å². The van der Waals surface area contributed by atoms with Gasteiger partial charge < -0.3 is 14.8 Å². The number of anilines is 1. The number of carbonyl (C=O) groups excluding carboxylic acids is 3. The lowest BCUT2D eigenvalue weighted by Crippen LogP contribution is -2.27. The van der Waals surface area contributed by atoms with E-state index in [0.29, 0.717) is 39.9 Å². The lowest BCUT2D eigenvalue weighted by atomic mass is 10.1. The number of nitro benzene ring substituents is 1. The van der Waals surface area contributed by atoms with Gasteiger partial charge in [-0.05, 0) is 60.2 Å². The van der Waals surface area contributed by atoms with E-state index in [1.165, 1.54) is 24.3 Å². The fourth-order valence-electron chi connectivity index (χ4n) is 3.59. The average Bonchev–Trinajstić information content (AvgIpc) is 3.17. The van der Waals surface area contributed by atoms with Crippen LogP contribution in [0.2, 0.25) is 5.02 Å². The molecule has 3 aromatic carbocycles. The first-order valence-corrected chi connectivity index (χ1v) is 12.9. The predicted octanol–water partition coefficient (Wildman–Crippen LogP) is 5.90. The molecule has 10 nitrogen and oxygen atoms in total. The molecule has 0 bridgehead atoms. The van der Waals surface area contributed by atoms with Gasteiger partial charge in [-0.2, -0.15) is 0 Å². The van der Waals surface area contributed by atoms with Gasteiger partial charge in [-0.3, -0.25) is 29.4 Å². The molecule has 1 aliphatic rings. The van der Waals surface area contributed by atoms with Crippen molar-refractivity contribution in [1.29, 1.82) is 0 Å². The van der Waals surface area contributed by atoms with Crippen molar-refractivity contribution in [2.24, 2.45) is 0 Å². The second-order valence-corrected chi connectivity index (χ2v) is 9.55. The molecule has 0 atom stereocenters. The van der Waals surface area contributed by atoms with Crippen molar-refractivity contribution < 1.29 is 28.8 Å². The van der Waals surface area contributed by atoms with Crippen molar-refractivity contribution in [3.05, 3.63) is 97.9 Å². The lowest BCUT2D eigenvalue weighted by Gasteiger charge is -2.13. The van der Waals surface area contributed by atoms with Crippen molar-refractivity contribution in [2.45, 2.75) is 13.5 Å². The minimum absolute atomic E-state index is 0.00671. The van der Waals surface area contributed by atoms with Crippen LogP contribution in [0.1, 0.15) is 18.1 Å². The molecule has 1 fully saturated rings. The Hall–Kier alpha value is -4.35. The number of para-hydroxylation sites is 1. The predicted molar refractivity (Wildman–Crippen MR) is 148 cm³/mol. The van der Waals surface area contributed by atoms with E-state index in [9.17, 15) is 24.5 Å². The molecule has 4 rings (SSSR count). The fraction of sp³-hybridized carbons (Fsp3) is 0.148. The van der Waals surface area contributed by atoms with E-state index in [1.807, 2.05) is 0 Å². The third-order valence-electron chi connectivity index (χ3n) is 5.43. The summed E-state index contributed by atoms with van der Waals surface area (Å²) in [6, 6.07) is 17.4. The maximum absolute atomic E-state index is 12.9. The van der Waals surface area contributed by atoms with Gasteiger partial charge in [0.1, 0.15) is 0 Å². The highest BCUT2D eigenvalue weighted by molar-refractivity contribution is 8.18. The van der Waals surface area contributed by atoms with Crippen LogP contribution < -0.4 is 14.8 Å². The Morgan fingerprint density at radius 1 is 1.08 bits per heavy atom. The number of rotatable bonds is 10. The van der Waals surface area contributed by atoms with Crippen LogP contribution in [0, 0.1) is 10.1 Å². The number of carbonyl (C=O) groups is 3. The number of hydrogen-bond donors (Lipinski definition) is 1. The van der Waals surface area contributed by atoms with Crippen molar-refractivity contribution >= 4 is 57.9 Å². The van der Waals surface area contributed by atoms with E-state index in [2.05, 4.69) is 5.32 Å². The van der Waals surface area contributed by atoms with Crippen molar-refractivity contribution in [1.82, 2.24) is 4.90 Å². The van der Waals surface area contributed by atoms with Gasteiger partial charge in [-0.15, -0.1) is 0 Å². The van der Waals surface area contributed by atoms with Gasteiger partial charge in [0.15, 0.2) is 18.1 Å². The number of halogens is 1. The number of ether oxygens (including phenoxy) is 2. The van der Waals surface area contributed by atoms with Crippen LogP contribution in [0.4, 0.5) is 16.2 Å². The van der Waals surface area contributed by atoms with Crippen LogP contribution in [0.5, 0.6) is 11.5 Å². The molecule has 0 spiro atoms. The molecule has 1 N–H and O–H groups in total. The molecule has 1 saturated heterocycles. The second-order valence-electron chi connectivity index (χ2n) is 8.15. The molecule has 3 aromatic rings. The summed E-state index contributed by atoms with van der Waals surface area (Å²) in [5.41, 5.74) is 1.57. The number of nitro groups is 1. The van der Waals surface area contributed by atoms with Gasteiger partial charge in [0.2, 0.25) is 0 Å². The molecule has 0 radical (unpaired) electrons. The van der Waals surface area contributed by atoms with Crippen LogP contribution in [0.15, 0.2) is 71.6 Å². The molecule has 3 amide bonds. The molecular weight excluding hydrogens is 546 g/mol. The topological polar surface area (TPSA) is 128 Å². The quantitative estimate of drug-likeness (QED) is 0.182. The number of nitrogens with one attached hydrogen (secondary N) is 1. The smallest absolute Gasteiger partial charge is 0.293 e. The number of imide groups is 1. The summed E-state index contributed by atoms with van der Waals surface area (Å²) in [4.78, 5) is 49.4. The van der Waals surface area contributed by atoms with Crippen molar-refractivity contribution in [3.63, 3.8) is 0 Å². The Morgan fingerprint density at radius 2 is 1.82 bits per heavy atom. The highest BCUT2D eigenvalue weighted by Crippen LogP contribution is 2.35. The fourth-order valence-corrected chi connectivity index (χ4v) is 4.61. The van der Waals surface area contributed by atoms with Gasteiger partial charge in [-0.25, -0.2) is 0 Å². The number of amides is 3. The Balaban J connectivity index is 1.44. The van der Waals surface area contributed by atoms with Gasteiger partial charge in [0.05, 0.1) is 33.7 Å². The first-order chi connectivity index (χ1) is 18.7. The van der Waals surface area contributed by atoms with E-state index in [4.69, 9.17) is 21.1 Å². The Bertz CT molecular complexity index is 1460. The van der Waals surface area contributed by atoms with E-state index in [-0.39, 0.29) is 23.7 Å². The average molecular weight is 568 g/mol. The van der Waals surface area contributed by atoms with Gasteiger partial charge >= 0.3 is 0 Å². The van der Waals surface area contributed by atoms with Gasteiger partial charge in [-0.1, -0.05) is 41.9 Å². The third-order valence-corrected chi connectivity index (χ3v) is 6.67. The molecule has 0 saturated carbocycles. The Morgan fingerprint density at radius 3 is 2.51 bits per heavy atom. The molecule has 12 heteroatoms. The van der Waals surface area contributed by atoms with Crippen LogP contribution in [0.25, 0.3) is 6.08 Å². The van der Waals surface area contributed by atoms with E-state index in [1.54, 1.807) is 55.5 Å². The Kier molecular flexibility index (Phi) is 8.84. The highest BCUT2D eigenvalue weighted by Gasteiger charge is 2.35. The highest BCUT2D eigenvalue weighted by atomic mass is 35.5. The molecule has 1 heterocycles. The van der Waals surface area contributed by atoms with Gasteiger partial charge in [0.25, 0.3) is 22.7 Å². The van der Waals surface area contributed by atoms with Crippen LogP contribution in [-0.2, 0) is 16.1 Å². The summed E-state index contributed by atoms with van der Waals surface area (Å²) in [5.74, 6) is -0.189. The molecule has 0 aromatic heterocycles. The number of nitrogens with zero attached hydrogens (tertiary/aromatic N) is 2. The van der Waals surface area contributed by atoms with E-state index >= 15 is 0 Å². The third kappa shape index (κ3) is 6.95. The summed E-state index contributed by atoms with van der Waals surface area (Å²) in [5, 5.41) is 13.5. The zero-order valence-electron chi connectivity index (χ0n) is 20.6. The number of hydrogen-bond acceptors (Lipinski definition) is 8. The molecule has 0 aliphatic carbocycles. The van der Waals surface area contributed by atoms with Crippen molar-refractivity contribution in [3.8, 4) is 11.5 Å². The molecular formula is C27H22ClN3O7S. The lowest BCUT2D eigenvalue weighted by molar-refractivity contribution is -0.384. The minimum atomic E-state index is -0.519. The first-order valence-electron chi connectivity index (χ1n) is 11.7. The van der Waals surface area contributed by atoms with Crippen LogP contribution in [-0.4, -0.2) is 40.1 Å². The zero-order valence-corrected chi connectivity index (χ0v) is 22.2. The summed E-state index contributed by atoms with van der Waals surface area (Å²) in [6.07, 6.45) is 1.57. The normalized spacial score (nSPS) is 14.0. The maximum Gasteiger partial charge on any atom is 0.293 e. The standard InChI is InChI=1S/C27H22ClN3O7S/c1-2-37-23-13-18(9-12-22(23)38-16-25(32)29-21-6-4-3-5-20(21)28)14-24-26(33)30(27(34)39-24)15-17-7-10-19(11-8-17)31(35)36/h3-14H,2,15-16H2,1H3,(H,29,32)/b24-14-. The second kappa shape index (κ2) is 12.5. The molecule has 0 unspecified atom stereocenters. The number of non-ortho nitro benzene ring substituents is 1. The minimum Gasteiger partial charge on any atom is -0.490 e. The maximum atomic E-state index is 12.9. The summed E-state index contributed by atoms with van der Waals surface area (Å²) >= 11 is 6.87. The SMILES string of the molecule is CCOc1cc(/C=C2\SC(=O)N(Cc3ccc([N+](=O)[O-])cc3)C2=O)ccc1OCC(=O)Nc1ccccc1Cl. The summed E-state index contributed by atoms with van der Waals surface area (Å²) in [6.45, 7) is 1.83.